The van der Waals surface area contributed by atoms with E-state index in [2.05, 4.69) is 5.32 Å². The molecular formula is C14H10FNO2. The number of hydrogen-bond acceptors (Lipinski definition) is 2. The molecule has 0 bridgehead atoms. The lowest BCUT2D eigenvalue weighted by atomic mass is 10.0. The van der Waals surface area contributed by atoms with Crippen LogP contribution in [0, 0.1) is 5.82 Å². The molecule has 1 heterocycles. The molecule has 0 saturated carbocycles. The van der Waals surface area contributed by atoms with Crippen LogP contribution in [-0.4, -0.2) is 12.5 Å². The zero-order chi connectivity index (χ0) is 12.5. The highest BCUT2D eigenvalue weighted by Gasteiger charge is 2.17. The fraction of sp³-hybridized carbons (Fsp3) is 0.0714. The molecule has 0 radical (unpaired) electrons. The summed E-state index contributed by atoms with van der Waals surface area (Å²) < 4.78 is 18.7. The van der Waals surface area contributed by atoms with E-state index in [0.29, 0.717) is 17.0 Å². The summed E-state index contributed by atoms with van der Waals surface area (Å²) in [7, 11) is 0. The van der Waals surface area contributed by atoms with Crippen LogP contribution in [0.1, 0.15) is 0 Å². The van der Waals surface area contributed by atoms with Crippen molar-refractivity contribution in [1.29, 1.82) is 0 Å². The molecule has 0 spiro atoms. The van der Waals surface area contributed by atoms with Gasteiger partial charge in [0.05, 0.1) is 0 Å². The molecule has 0 fully saturated rings. The second kappa shape index (κ2) is 4.14. The van der Waals surface area contributed by atoms with Crippen LogP contribution in [0.5, 0.6) is 5.75 Å². The Hall–Kier alpha value is -2.36. The van der Waals surface area contributed by atoms with Crippen molar-refractivity contribution in [3.05, 3.63) is 48.3 Å². The van der Waals surface area contributed by atoms with Gasteiger partial charge in [0, 0.05) is 16.8 Å². The highest BCUT2D eigenvalue weighted by Crippen LogP contribution is 2.36. The number of halogens is 1. The van der Waals surface area contributed by atoms with Gasteiger partial charge in [0.1, 0.15) is 11.6 Å². The molecule has 0 atom stereocenters. The monoisotopic (exact) mass is 243 g/mol. The van der Waals surface area contributed by atoms with Crippen molar-refractivity contribution in [2.45, 2.75) is 0 Å². The van der Waals surface area contributed by atoms with Gasteiger partial charge in [-0.1, -0.05) is 18.2 Å². The molecule has 90 valence electrons. The topological polar surface area (TPSA) is 38.3 Å². The van der Waals surface area contributed by atoms with Gasteiger partial charge in [0.25, 0.3) is 5.91 Å². The minimum absolute atomic E-state index is 0.0764. The smallest absolute Gasteiger partial charge is 0.262 e. The quantitative estimate of drug-likeness (QED) is 0.772. The summed E-state index contributed by atoms with van der Waals surface area (Å²) >= 11 is 0. The van der Waals surface area contributed by atoms with Crippen LogP contribution in [0.2, 0.25) is 0 Å². The first-order chi connectivity index (χ1) is 8.74. The van der Waals surface area contributed by atoms with Gasteiger partial charge in [-0.05, 0) is 24.3 Å². The molecule has 0 saturated heterocycles. The maximum Gasteiger partial charge on any atom is 0.262 e. The molecule has 0 aliphatic carbocycles. The second-order valence-electron chi connectivity index (χ2n) is 4.02. The Balaban J connectivity index is 2.25. The summed E-state index contributed by atoms with van der Waals surface area (Å²) in [6.45, 7) is -0.0764. The molecule has 2 aromatic rings. The second-order valence-corrected chi connectivity index (χ2v) is 4.02. The van der Waals surface area contributed by atoms with Crippen molar-refractivity contribution in [3.8, 4) is 16.9 Å². The van der Waals surface area contributed by atoms with Gasteiger partial charge in [0.15, 0.2) is 6.61 Å². The number of fused-ring (bicyclic) bond motifs is 3. The van der Waals surface area contributed by atoms with E-state index in [-0.39, 0.29) is 18.3 Å². The number of carbonyl (C=O) groups is 1. The number of carbonyl (C=O) groups excluding carboxylic acids is 1. The zero-order valence-electron chi connectivity index (χ0n) is 9.44. The Kier molecular flexibility index (Phi) is 2.48. The van der Waals surface area contributed by atoms with Crippen molar-refractivity contribution in [2.24, 2.45) is 0 Å². The molecule has 1 N–H and O–H groups in total. The first-order valence-corrected chi connectivity index (χ1v) is 5.55. The Labute approximate surface area is 103 Å². The van der Waals surface area contributed by atoms with E-state index in [1.165, 1.54) is 12.1 Å². The third-order valence-corrected chi connectivity index (χ3v) is 2.79. The summed E-state index contributed by atoms with van der Waals surface area (Å²) in [6.07, 6.45) is 0. The minimum atomic E-state index is -0.334. The fourth-order valence-electron chi connectivity index (χ4n) is 2.00. The van der Waals surface area contributed by atoms with E-state index in [1.54, 1.807) is 12.1 Å². The molecule has 0 unspecified atom stereocenters. The van der Waals surface area contributed by atoms with E-state index in [4.69, 9.17) is 4.74 Å². The van der Waals surface area contributed by atoms with E-state index in [1.807, 2.05) is 18.2 Å². The first-order valence-electron chi connectivity index (χ1n) is 5.55. The SMILES string of the molecule is O=C1COc2ccc(F)cc2-c2ccccc2N1. The van der Waals surface area contributed by atoms with Gasteiger partial charge in [0.2, 0.25) is 0 Å². The number of para-hydroxylation sites is 1. The number of rotatable bonds is 0. The van der Waals surface area contributed by atoms with Crippen LogP contribution in [0.25, 0.3) is 11.1 Å². The number of anilines is 1. The highest BCUT2D eigenvalue weighted by atomic mass is 19.1. The molecule has 18 heavy (non-hydrogen) atoms. The average molecular weight is 243 g/mol. The van der Waals surface area contributed by atoms with Crippen LogP contribution >= 0.6 is 0 Å². The fourth-order valence-corrected chi connectivity index (χ4v) is 2.00. The Bertz CT molecular complexity index is 625. The number of ether oxygens (including phenoxy) is 1. The van der Waals surface area contributed by atoms with E-state index < -0.39 is 0 Å². The van der Waals surface area contributed by atoms with Crippen molar-refractivity contribution < 1.29 is 13.9 Å². The summed E-state index contributed by atoms with van der Waals surface area (Å²) in [4.78, 5) is 11.6. The predicted molar refractivity (Wildman–Crippen MR) is 66.0 cm³/mol. The van der Waals surface area contributed by atoms with Crippen LogP contribution in [0.15, 0.2) is 42.5 Å². The lowest BCUT2D eigenvalue weighted by Crippen LogP contribution is -2.22. The van der Waals surface area contributed by atoms with Crippen LogP contribution in [0.3, 0.4) is 0 Å². The molecular weight excluding hydrogens is 233 g/mol. The third kappa shape index (κ3) is 1.82. The normalized spacial score (nSPS) is 13.5. The van der Waals surface area contributed by atoms with Crippen molar-refractivity contribution in [2.75, 3.05) is 11.9 Å². The molecule has 3 rings (SSSR count). The zero-order valence-corrected chi connectivity index (χ0v) is 9.44. The number of amides is 1. The van der Waals surface area contributed by atoms with Gasteiger partial charge in [-0.15, -0.1) is 0 Å². The number of benzene rings is 2. The Morgan fingerprint density at radius 3 is 2.83 bits per heavy atom. The molecule has 4 heteroatoms. The predicted octanol–water partition coefficient (Wildman–Crippen LogP) is 2.82. The number of hydrogen-bond donors (Lipinski definition) is 1. The lowest BCUT2D eigenvalue weighted by molar-refractivity contribution is -0.118. The van der Waals surface area contributed by atoms with Crippen molar-refractivity contribution >= 4 is 11.6 Å². The van der Waals surface area contributed by atoms with Gasteiger partial charge in [-0.25, -0.2) is 4.39 Å². The van der Waals surface area contributed by atoms with Crippen molar-refractivity contribution in [3.63, 3.8) is 0 Å². The standard InChI is InChI=1S/C14H10FNO2/c15-9-5-6-13-11(7-9)10-3-1-2-4-12(10)16-14(17)8-18-13/h1-7H,8H2,(H,16,17). The van der Waals surface area contributed by atoms with Crippen LogP contribution < -0.4 is 10.1 Å². The average Bonchev–Trinajstić information content (AvgIpc) is 2.36. The van der Waals surface area contributed by atoms with Gasteiger partial charge in [-0.2, -0.15) is 0 Å². The Morgan fingerprint density at radius 1 is 1.11 bits per heavy atom. The molecule has 3 nitrogen and oxygen atoms in total. The minimum Gasteiger partial charge on any atom is -0.483 e. The van der Waals surface area contributed by atoms with Gasteiger partial charge in [-0.3, -0.25) is 4.79 Å². The molecule has 1 amide bonds. The van der Waals surface area contributed by atoms with Gasteiger partial charge >= 0.3 is 0 Å². The van der Waals surface area contributed by atoms with Crippen LogP contribution in [0.4, 0.5) is 10.1 Å². The third-order valence-electron chi connectivity index (χ3n) is 2.79. The van der Waals surface area contributed by atoms with E-state index >= 15 is 0 Å². The highest BCUT2D eigenvalue weighted by molar-refractivity contribution is 5.98. The molecule has 1 aliphatic heterocycles. The maximum atomic E-state index is 13.4. The van der Waals surface area contributed by atoms with Crippen LogP contribution in [-0.2, 0) is 4.79 Å². The first kappa shape index (κ1) is 10.8. The summed E-state index contributed by atoms with van der Waals surface area (Å²) in [5.74, 6) is -0.0461. The van der Waals surface area contributed by atoms with E-state index in [9.17, 15) is 9.18 Å². The largest absolute Gasteiger partial charge is 0.483 e. The maximum absolute atomic E-state index is 13.4. The van der Waals surface area contributed by atoms with Crippen molar-refractivity contribution in [1.82, 2.24) is 0 Å². The molecule has 1 aliphatic rings. The number of nitrogens with one attached hydrogen (secondary N) is 1. The summed E-state index contributed by atoms with van der Waals surface area (Å²) in [5, 5.41) is 2.74. The van der Waals surface area contributed by atoms with Gasteiger partial charge < -0.3 is 10.1 Å². The van der Waals surface area contributed by atoms with E-state index in [0.717, 1.165) is 5.56 Å². The summed E-state index contributed by atoms with van der Waals surface area (Å²) in [5.41, 5.74) is 2.06. The summed E-state index contributed by atoms with van der Waals surface area (Å²) in [6, 6.07) is 11.5. The lowest BCUT2D eigenvalue weighted by Gasteiger charge is -2.18. The molecule has 0 aromatic heterocycles. The molecule has 2 aromatic carbocycles. The Morgan fingerprint density at radius 2 is 1.94 bits per heavy atom.